The molecule has 1 aromatic heterocycles. The van der Waals surface area contributed by atoms with E-state index < -0.39 is 46.3 Å². The van der Waals surface area contributed by atoms with E-state index in [1.165, 1.54) is 0 Å². The Balaban J connectivity index is 1.47. The normalized spacial score (nSPS) is 23.5. The molecule has 2 aromatic rings. The molecule has 2 N–H and O–H groups in total. The highest BCUT2D eigenvalue weighted by molar-refractivity contribution is 7.91. The minimum Gasteiger partial charge on any atom is -0.361 e. The Morgan fingerprint density at radius 3 is 2.72 bits per heavy atom. The van der Waals surface area contributed by atoms with Gasteiger partial charge < -0.3 is 15.2 Å². The van der Waals surface area contributed by atoms with Crippen LogP contribution in [0, 0.1) is 0 Å². The van der Waals surface area contributed by atoms with Crippen molar-refractivity contribution in [1.82, 2.24) is 20.1 Å². The van der Waals surface area contributed by atoms with Crippen LogP contribution in [0.4, 0.5) is 4.79 Å². The van der Waals surface area contributed by atoms with Crippen LogP contribution in [0.25, 0.3) is 10.9 Å². The molecule has 0 bridgehead atoms. The predicted octanol–water partition coefficient (Wildman–Crippen LogP) is 1.44. The molecule has 2 aliphatic heterocycles. The van der Waals surface area contributed by atoms with Crippen LogP contribution in [0.15, 0.2) is 30.5 Å². The number of hydrogen-bond donors (Lipinski definition) is 2. The van der Waals surface area contributed by atoms with E-state index in [0.717, 1.165) is 21.4 Å². The first kappa shape index (κ1) is 22.3. The summed E-state index contributed by atoms with van der Waals surface area (Å²) in [5.41, 5.74) is 1.85. The Labute approximate surface area is 187 Å². The molecule has 0 radical (unpaired) electrons. The van der Waals surface area contributed by atoms with E-state index in [0.29, 0.717) is 19.3 Å². The number of carbonyl (C=O) groups excluding carboxylic acids is 3. The van der Waals surface area contributed by atoms with Gasteiger partial charge in [-0.1, -0.05) is 25.1 Å². The third-order valence-corrected chi connectivity index (χ3v) is 8.21. The average molecular weight is 461 g/mol. The van der Waals surface area contributed by atoms with E-state index in [2.05, 4.69) is 10.3 Å². The van der Waals surface area contributed by atoms with Crippen LogP contribution >= 0.6 is 0 Å². The summed E-state index contributed by atoms with van der Waals surface area (Å²) in [6, 6.07) is 5.74. The Morgan fingerprint density at radius 2 is 2.03 bits per heavy atom. The quantitative estimate of drug-likeness (QED) is 0.606. The molecule has 4 amide bonds. The maximum absolute atomic E-state index is 13.1. The molecule has 2 saturated heterocycles. The van der Waals surface area contributed by atoms with Gasteiger partial charge in [0.1, 0.15) is 12.6 Å². The monoisotopic (exact) mass is 460 g/mol. The second-order valence-corrected chi connectivity index (χ2v) is 10.8. The highest BCUT2D eigenvalue weighted by atomic mass is 32.2. The number of imide groups is 1. The molecule has 1 aromatic carbocycles. The number of nitrogens with zero attached hydrogens (tertiary/aromatic N) is 2. The van der Waals surface area contributed by atoms with Crippen molar-refractivity contribution in [2.24, 2.45) is 0 Å². The van der Waals surface area contributed by atoms with E-state index in [1.807, 2.05) is 44.3 Å². The number of benzene rings is 1. The molecule has 3 atom stereocenters. The lowest BCUT2D eigenvalue weighted by Gasteiger charge is -2.34. The highest BCUT2D eigenvalue weighted by Crippen LogP contribution is 2.24. The van der Waals surface area contributed by atoms with E-state index in [-0.39, 0.29) is 17.5 Å². The van der Waals surface area contributed by atoms with Crippen molar-refractivity contribution in [3.63, 3.8) is 0 Å². The Kier molecular flexibility index (Phi) is 5.98. The van der Waals surface area contributed by atoms with Crippen LogP contribution in [-0.2, 0) is 25.8 Å². The summed E-state index contributed by atoms with van der Waals surface area (Å²) in [7, 11) is -3.18. The summed E-state index contributed by atoms with van der Waals surface area (Å²) in [6.45, 7) is 3.38. The van der Waals surface area contributed by atoms with Crippen molar-refractivity contribution in [3.05, 3.63) is 36.0 Å². The van der Waals surface area contributed by atoms with Gasteiger partial charge in [-0.05, 0) is 31.4 Å². The topological polar surface area (TPSA) is 120 Å². The lowest BCUT2D eigenvalue weighted by Crippen LogP contribution is -2.51. The number of amides is 4. The van der Waals surface area contributed by atoms with Crippen LogP contribution < -0.4 is 5.32 Å². The van der Waals surface area contributed by atoms with Gasteiger partial charge in [0.15, 0.2) is 9.84 Å². The van der Waals surface area contributed by atoms with Crippen LogP contribution in [0.1, 0.15) is 32.3 Å². The average Bonchev–Trinajstić information content (AvgIpc) is 3.40. The maximum atomic E-state index is 13.1. The van der Waals surface area contributed by atoms with Gasteiger partial charge in [-0.2, -0.15) is 0 Å². The first-order valence-electron chi connectivity index (χ1n) is 10.9. The second kappa shape index (κ2) is 8.57. The smallest absolute Gasteiger partial charge is 0.325 e. The largest absolute Gasteiger partial charge is 0.361 e. The lowest BCUT2D eigenvalue weighted by molar-refractivity contribution is -0.140. The summed E-state index contributed by atoms with van der Waals surface area (Å²) in [4.78, 5) is 44.3. The van der Waals surface area contributed by atoms with Gasteiger partial charge in [0.05, 0.1) is 11.5 Å². The second-order valence-electron chi connectivity index (χ2n) is 8.61. The molecule has 0 saturated carbocycles. The van der Waals surface area contributed by atoms with E-state index >= 15 is 0 Å². The van der Waals surface area contributed by atoms with Crippen molar-refractivity contribution in [1.29, 1.82) is 0 Å². The van der Waals surface area contributed by atoms with E-state index in [1.54, 1.807) is 4.90 Å². The van der Waals surface area contributed by atoms with Crippen LogP contribution in [0.2, 0.25) is 0 Å². The number of urea groups is 1. The Morgan fingerprint density at radius 1 is 1.28 bits per heavy atom. The maximum Gasteiger partial charge on any atom is 0.325 e. The molecule has 172 valence electrons. The van der Waals surface area contributed by atoms with Gasteiger partial charge in [0, 0.05) is 35.6 Å². The molecule has 4 rings (SSSR count). The van der Waals surface area contributed by atoms with Gasteiger partial charge in [-0.15, -0.1) is 0 Å². The standard InChI is InChI=1S/C22H28N4O5S/c1-3-14(2)26(16-8-9-32(30,31)13-16)20(27)12-25-21(28)19(24-22(25)29)10-15-11-23-18-7-5-4-6-17(15)18/h4-7,11,14,16,19,23H,3,8-10,12-13H2,1-2H3,(H,24,29)/t14-,16-,19-/m0/s1. The van der Waals surface area contributed by atoms with Crippen molar-refractivity contribution < 1.29 is 22.8 Å². The number of hydrogen-bond acceptors (Lipinski definition) is 5. The van der Waals surface area contributed by atoms with Crippen molar-refractivity contribution in [2.75, 3.05) is 18.1 Å². The predicted molar refractivity (Wildman–Crippen MR) is 120 cm³/mol. The third-order valence-electron chi connectivity index (χ3n) is 6.45. The number of rotatable bonds is 7. The molecule has 3 heterocycles. The van der Waals surface area contributed by atoms with Crippen LogP contribution in [-0.4, -0.2) is 77.2 Å². The summed E-state index contributed by atoms with van der Waals surface area (Å²) in [5.74, 6) is -0.880. The molecule has 9 nitrogen and oxygen atoms in total. The molecule has 2 aliphatic rings. The first-order valence-corrected chi connectivity index (χ1v) is 12.7. The molecule has 32 heavy (non-hydrogen) atoms. The minimum atomic E-state index is -3.18. The number of para-hydroxylation sites is 1. The van der Waals surface area contributed by atoms with Gasteiger partial charge >= 0.3 is 6.03 Å². The van der Waals surface area contributed by atoms with Crippen LogP contribution in [0.3, 0.4) is 0 Å². The molecule has 0 unspecified atom stereocenters. The highest BCUT2D eigenvalue weighted by Gasteiger charge is 2.42. The van der Waals surface area contributed by atoms with Gasteiger partial charge in [0.2, 0.25) is 5.91 Å². The summed E-state index contributed by atoms with van der Waals surface area (Å²) in [5, 5.41) is 3.66. The van der Waals surface area contributed by atoms with Gasteiger partial charge in [-0.3, -0.25) is 14.5 Å². The molecular weight excluding hydrogens is 432 g/mol. The first-order chi connectivity index (χ1) is 15.2. The van der Waals surface area contributed by atoms with Crippen molar-refractivity contribution >= 4 is 38.6 Å². The Hall–Kier alpha value is -2.88. The summed E-state index contributed by atoms with van der Waals surface area (Å²) < 4.78 is 23.9. The molecule has 0 spiro atoms. The van der Waals surface area contributed by atoms with Crippen molar-refractivity contribution in [3.8, 4) is 0 Å². The number of aromatic nitrogens is 1. The fourth-order valence-corrected chi connectivity index (χ4v) is 6.31. The van der Waals surface area contributed by atoms with E-state index in [4.69, 9.17) is 0 Å². The number of nitrogens with one attached hydrogen (secondary N) is 2. The molecule has 0 aliphatic carbocycles. The SMILES string of the molecule is CC[C@H](C)N(C(=O)CN1C(=O)N[C@@H](Cc2c[nH]c3ccccc23)C1=O)[C@H]1CCS(=O)(=O)C1. The number of carbonyl (C=O) groups is 3. The van der Waals surface area contributed by atoms with Crippen LogP contribution in [0.5, 0.6) is 0 Å². The van der Waals surface area contributed by atoms with Crippen molar-refractivity contribution in [2.45, 2.75) is 51.2 Å². The zero-order chi connectivity index (χ0) is 23.0. The third kappa shape index (κ3) is 4.23. The van der Waals surface area contributed by atoms with Gasteiger partial charge in [-0.25, -0.2) is 13.2 Å². The fraction of sp³-hybridized carbons (Fsp3) is 0.500. The fourth-order valence-electron chi connectivity index (χ4n) is 4.60. The summed E-state index contributed by atoms with van der Waals surface area (Å²) in [6.07, 6.45) is 3.16. The number of sulfone groups is 1. The zero-order valence-electron chi connectivity index (χ0n) is 18.2. The zero-order valence-corrected chi connectivity index (χ0v) is 19.0. The lowest BCUT2D eigenvalue weighted by atomic mass is 10.1. The number of H-pyrrole nitrogens is 1. The molecule has 2 fully saturated rings. The van der Waals surface area contributed by atoms with E-state index in [9.17, 15) is 22.8 Å². The molecular formula is C22H28N4O5S. The Bertz CT molecular complexity index is 1160. The molecule has 10 heteroatoms. The summed E-state index contributed by atoms with van der Waals surface area (Å²) >= 11 is 0. The van der Waals surface area contributed by atoms with Gasteiger partial charge in [0.25, 0.3) is 5.91 Å². The number of aromatic amines is 1. The number of fused-ring (bicyclic) bond motifs is 1. The minimum absolute atomic E-state index is 0.0493.